The third kappa shape index (κ3) is 3.42. The van der Waals surface area contributed by atoms with Crippen LogP contribution < -0.4 is 5.56 Å². The van der Waals surface area contributed by atoms with Crippen molar-refractivity contribution >= 4 is 5.97 Å². The molecule has 2 rings (SSSR count). The van der Waals surface area contributed by atoms with Crippen LogP contribution >= 0.6 is 0 Å². The number of aromatic carboxylic acids is 1. The summed E-state index contributed by atoms with van der Waals surface area (Å²) in [6.07, 6.45) is 1.41. The first kappa shape index (κ1) is 13.8. The number of pyridine rings is 1. The molecule has 0 radical (unpaired) electrons. The molecule has 1 N–H and O–H groups in total. The van der Waals surface area contributed by atoms with E-state index in [1.54, 1.807) is 0 Å². The van der Waals surface area contributed by atoms with E-state index in [0.29, 0.717) is 19.8 Å². The highest BCUT2D eigenvalue weighted by molar-refractivity contribution is 5.87. The molecule has 0 saturated carbocycles. The highest BCUT2D eigenvalue weighted by atomic mass is 16.5. The summed E-state index contributed by atoms with van der Waals surface area (Å²) >= 11 is 0. The van der Waals surface area contributed by atoms with Gasteiger partial charge in [-0.1, -0.05) is 0 Å². The van der Waals surface area contributed by atoms with Crippen LogP contribution in [0.3, 0.4) is 0 Å². The second-order valence-corrected chi connectivity index (χ2v) is 4.73. The molecule has 0 bridgehead atoms. The Labute approximate surface area is 111 Å². The summed E-state index contributed by atoms with van der Waals surface area (Å²) in [4.78, 5) is 25.0. The standard InChI is InChI=1S/C13H18N2O4/c1-10(8-14-4-6-19-7-5-14)15-9-11(13(17)18)2-3-12(15)16/h2-3,9-10H,4-8H2,1H3,(H,17,18). The van der Waals surface area contributed by atoms with Crippen molar-refractivity contribution in [2.45, 2.75) is 13.0 Å². The molecule has 1 saturated heterocycles. The quantitative estimate of drug-likeness (QED) is 0.856. The van der Waals surface area contributed by atoms with E-state index in [1.807, 2.05) is 6.92 Å². The number of carboxylic acids is 1. The van der Waals surface area contributed by atoms with E-state index in [1.165, 1.54) is 22.9 Å². The summed E-state index contributed by atoms with van der Waals surface area (Å²) in [5, 5.41) is 8.96. The molecule has 0 spiro atoms. The number of ether oxygens (including phenoxy) is 1. The van der Waals surface area contributed by atoms with Crippen LogP contribution in [0.25, 0.3) is 0 Å². The maximum Gasteiger partial charge on any atom is 0.337 e. The average Bonchev–Trinajstić information content (AvgIpc) is 2.40. The van der Waals surface area contributed by atoms with Crippen LogP contribution in [0.4, 0.5) is 0 Å². The minimum absolute atomic E-state index is 0.0649. The van der Waals surface area contributed by atoms with Gasteiger partial charge < -0.3 is 14.4 Å². The summed E-state index contributed by atoms with van der Waals surface area (Å²) in [6, 6.07) is 2.58. The number of morpholine rings is 1. The van der Waals surface area contributed by atoms with E-state index in [0.717, 1.165) is 13.1 Å². The van der Waals surface area contributed by atoms with Gasteiger partial charge in [0.25, 0.3) is 5.56 Å². The predicted octanol–water partition coefficient (Wildman–Crippen LogP) is 0.440. The molecule has 1 aromatic heterocycles. The number of rotatable bonds is 4. The Kier molecular flexibility index (Phi) is 4.34. The van der Waals surface area contributed by atoms with Gasteiger partial charge in [0, 0.05) is 37.9 Å². The Morgan fingerprint density at radius 2 is 2.11 bits per heavy atom. The van der Waals surface area contributed by atoms with Gasteiger partial charge >= 0.3 is 5.97 Å². The van der Waals surface area contributed by atoms with Gasteiger partial charge in [-0.15, -0.1) is 0 Å². The van der Waals surface area contributed by atoms with Crippen molar-refractivity contribution in [1.82, 2.24) is 9.47 Å². The number of hydrogen-bond acceptors (Lipinski definition) is 4. The van der Waals surface area contributed by atoms with Crippen LogP contribution in [0.5, 0.6) is 0 Å². The fourth-order valence-corrected chi connectivity index (χ4v) is 2.22. The molecule has 2 heterocycles. The Hall–Kier alpha value is -1.66. The monoisotopic (exact) mass is 266 g/mol. The third-order valence-corrected chi connectivity index (χ3v) is 3.29. The minimum atomic E-state index is -1.02. The van der Waals surface area contributed by atoms with Crippen molar-refractivity contribution in [3.8, 4) is 0 Å². The highest BCUT2D eigenvalue weighted by Crippen LogP contribution is 2.08. The molecular weight excluding hydrogens is 248 g/mol. The molecule has 1 aliphatic rings. The first-order chi connectivity index (χ1) is 9.08. The van der Waals surface area contributed by atoms with Crippen molar-refractivity contribution in [3.05, 3.63) is 34.2 Å². The van der Waals surface area contributed by atoms with Gasteiger partial charge in [0.1, 0.15) is 0 Å². The highest BCUT2D eigenvalue weighted by Gasteiger charge is 2.16. The van der Waals surface area contributed by atoms with Gasteiger partial charge in [0.15, 0.2) is 0 Å². The summed E-state index contributed by atoms with van der Waals surface area (Å²) in [6.45, 7) is 5.73. The lowest BCUT2D eigenvalue weighted by atomic mass is 10.2. The molecular formula is C13H18N2O4. The van der Waals surface area contributed by atoms with E-state index in [-0.39, 0.29) is 17.2 Å². The van der Waals surface area contributed by atoms with Crippen LogP contribution in [-0.2, 0) is 4.74 Å². The van der Waals surface area contributed by atoms with Gasteiger partial charge in [0.05, 0.1) is 18.8 Å². The Bertz CT molecular complexity index is 506. The number of nitrogens with zero attached hydrogens (tertiary/aromatic N) is 2. The lowest BCUT2D eigenvalue weighted by Gasteiger charge is -2.29. The molecule has 1 unspecified atom stereocenters. The van der Waals surface area contributed by atoms with E-state index in [2.05, 4.69) is 4.90 Å². The van der Waals surface area contributed by atoms with Gasteiger partial charge in [0.2, 0.25) is 0 Å². The van der Waals surface area contributed by atoms with Gasteiger partial charge in [-0.2, -0.15) is 0 Å². The van der Waals surface area contributed by atoms with Gasteiger partial charge in [-0.3, -0.25) is 9.69 Å². The molecule has 104 valence electrons. The second-order valence-electron chi connectivity index (χ2n) is 4.73. The topological polar surface area (TPSA) is 71.8 Å². The molecule has 19 heavy (non-hydrogen) atoms. The van der Waals surface area contributed by atoms with E-state index in [4.69, 9.17) is 9.84 Å². The summed E-state index contributed by atoms with van der Waals surface area (Å²) in [5.74, 6) is -1.02. The first-order valence-electron chi connectivity index (χ1n) is 6.33. The lowest BCUT2D eigenvalue weighted by Crippen LogP contribution is -2.40. The third-order valence-electron chi connectivity index (χ3n) is 3.29. The van der Waals surface area contributed by atoms with Crippen molar-refractivity contribution in [3.63, 3.8) is 0 Å². The number of carboxylic acid groups (broad SMARTS) is 1. The molecule has 0 amide bonds. The van der Waals surface area contributed by atoms with E-state index >= 15 is 0 Å². The van der Waals surface area contributed by atoms with Crippen LogP contribution in [-0.4, -0.2) is 53.4 Å². The van der Waals surface area contributed by atoms with E-state index < -0.39 is 5.97 Å². The Morgan fingerprint density at radius 1 is 1.42 bits per heavy atom. The van der Waals surface area contributed by atoms with Crippen molar-refractivity contribution in [2.75, 3.05) is 32.8 Å². The molecule has 1 aromatic rings. The van der Waals surface area contributed by atoms with Crippen LogP contribution in [0.1, 0.15) is 23.3 Å². The zero-order valence-electron chi connectivity index (χ0n) is 10.9. The van der Waals surface area contributed by atoms with Crippen LogP contribution in [0, 0.1) is 0 Å². The molecule has 1 aliphatic heterocycles. The molecule has 1 atom stereocenters. The number of aromatic nitrogens is 1. The smallest absolute Gasteiger partial charge is 0.337 e. The summed E-state index contributed by atoms with van der Waals surface area (Å²) in [5.41, 5.74) is -0.0424. The predicted molar refractivity (Wildman–Crippen MR) is 69.6 cm³/mol. The van der Waals surface area contributed by atoms with E-state index in [9.17, 15) is 9.59 Å². The molecule has 0 aromatic carbocycles. The zero-order chi connectivity index (χ0) is 13.8. The van der Waals surface area contributed by atoms with Crippen LogP contribution in [0.2, 0.25) is 0 Å². The maximum absolute atomic E-state index is 11.8. The first-order valence-corrected chi connectivity index (χ1v) is 6.33. The fourth-order valence-electron chi connectivity index (χ4n) is 2.22. The summed E-state index contributed by atoms with van der Waals surface area (Å²) < 4.78 is 6.76. The minimum Gasteiger partial charge on any atom is -0.478 e. The normalized spacial score (nSPS) is 18.2. The van der Waals surface area contributed by atoms with Crippen molar-refractivity contribution < 1.29 is 14.6 Å². The second kappa shape index (κ2) is 5.99. The molecule has 6 heteroatoms. The van der Waals surface area contributed by atoms with Crippen molar-refractivity contribution in [1.29, 1.82) is 0 Å². The van der Waals surface area contributed by atoms with Gasteiger partial charge in [-0.25, -0.2) is 4.79 Å². The number of hydrogen-bond donors (Lipinski definition) is 1. The Morgan fingerprint density at radius 3 is 2.74 bits per heavy atom. The zero-order valence-corrected chi connectivity index (χ0v) is 10.9. The largest absolute Gasteiger partial charge is 0.478 e. The fraction of sp³-hybridized carbons (Fsp3) is 0.538. The Balaban J connectivity index is 2.13. The number of carbonyl (C=O) groups is 1. The average molecular weight is 266 g/mol. The lowest BCUT2D eigenvalue weighted by molar-refractivity contribution is 0.0323. The van der Waals surface area contributed by atoms with Crippen LogP contribution in [0.15, 0.2) is 23.1 Å². The van der Waals surface area contributed by atoms with Crippen molar-refractivity contribution in [2.24, 2.45) is 0 Å². The molecule has 6 nitrogen and oxygen atoms in total. The molecule has 1 fully saturated rings. The SMILES string of the molecule is CC(CN1CCOCC1)n1cc(C(=O)O)ccc1=O. The molecule has 0 aliphatic carbocycles. The van der Waals surface area contributed by atoms with Gasteiger partial charge in [-0.05, 0) is 13.0 Å². The maximum atomic E-state index is 11.8. The summed E-state index contributed by atoms with van der Waals surface area (Å²) in [7, 11) is 0.